The minimum atomic E-state index is 0.367. The van der Waals surface area contributed by atoms with Crippen LogP contribution in [0.1, 0.15) is 60.7 Å². The van der Waals surface area contributed by atoms with Gasteiger partial charge in [-0.25, -0.2) is 0 Å². The zero-order valence-corrected chi connectivity index (χ0v) is 11.6. The molecule has 2 rings (SSSR count). The molecule has 17 heavy (non-hydrogen) atoms. The van der Waals surface area contributed by atoms with Crippen molar-refractivity contribution < 1.29 is 0 Å². The molecular formula is C14H24N2S. The van der Waals surface area contributed by atoms with Crippen LogP contribution in [-0.4, -0.2) is 0 Å². The molecule has 1 aliphatic rings. The first-order chi connectivity index (χ1) is 8.31. The lowest BCUT2D eigenvalue weighted by molar-refractivity contribution is 0.293. The van der Waals surface area contributed by atoms with E-state index < -0.39 is 0 Å². The number of hydrogen-bond donors (Lipinski definition) is 2. The van der Waals surface area contributed by atoms with Crippen molar-refractivity contribution >= 4 is 11.3 Å². The van der Waals surface area contributed by atoms with Crippen LogP contribution >= 0.6 is 11.3 Å². The summed E-state index contributed by atoms with van der Waals surface area (Å²) in [4.78, 5) is 2.79. The molecule has 1 fully saturated rings. The van der Waals surface area contributed by atoms with Gasteiger partial charge in [0.05, 0.1) is 6.04 Å². The van der Waals surface area contributed by atoms with E-state index in [0.717, 1.165) is 5.92 Å². The first-order valence-electron chi connectivity index (χ1n) is 6.83. The molecule has 3 heteroatoms. The van der Waals surface area contributed by atoms with Crippen LogP contribution in [0.3, 0.4) is 0 Å². The summed E-state index contributed by atoms with van der Waals surface area (Å²) < 4.78 is 0. The van der Waals surface area contributed by atoms with Gasteiger partial charge in [0.25, 0.3) is 0 Å². The van der Waals surface area contributed by atoms with Crippen molar-refractivity contribution in [2.24, 2.45) is 11.8 Å². The maximum Gasteiger partial charge on any atom is 0.0581 e. The lowest BCUT2D eigenvalue weighted by Crippen LogP contribution is -2.33. The number of hydrazine groups is 1. The van der Waals surface area contributed by atoms with Crippen molar-refractivity contribution in [2.75, 3.05) is 0 Å². The van der Waals surface area contributed by atoms with Crippen LogP contribution in [0, 0.1) is 12.8 Å². The van der Waals surface area contributed by atoms with Crippen LogP contribution in [-0.2, 0) is 0 Å². The number of thiophene rings is 1. The summed E-state index contributed by atoms with van der Waals surface area (Å²) in [6, 6.07) is 4.81. The highest BCUT2D eigenvalue weighted by atomic mass is 32.1. The molecule has 0 bridgehead atoms. The Morgan fingerprint density at radius 1 is 1.18 bits per heavy atom. The van der Waals surface area contributed by atoms with E-state index in [1.807, 2.05) is 11.3 Å². The highest BCUT2D eigenvalue weighted by Gasteiger charge is 2.23. The lowest BCUT2D eigenvalue weighted by atomic mass is 9.85. The standard InChI is InChI=1S/C14H24N2S/c1-11-9-10-13(17-11)14(16-15)12-7-5-3-2-4-6-8-12/h9-10,12,14,16H,2-8,15H2,1H3. The quantitative estimate of drug-likeness (QED) is 0.632. The minimum Gasteiger partial charge on any atom is -0.271 e. The van der Waals surface area contributed by atoms with Crippen molar-refractivity contribution in [2.45, 2.75) is 57.9 Å². The normalized spacial score (nSPS) is 20.8. The molecule has 0 saturated heterocycles. The van der Waals surface area contributed by atoms with Gasteiger partial charge in [-0.2, -0.15) is 0 Å². The van der Waals surface area contributed by atoms with Crippen LogP contribution < -0.4 is 11.3 Å². The van der Waals surface area contributed by atoms with E-state index in [4.69, 9.17) is 5.84 Å². The van der Waals surface area contributed by atoms with Crippen molar-refractivity contribution in [1.82, 2.24) is 5.43 Å². The molecule has 1 aromatic rings. The summed E-state index contributed by atoms with van der Waals surface area (Å²) in [7, 11) is 0. The molecule has 0 aliphatic heterocycles. The molecule has 0 radical (unpaired) electrons. The molecule has 96 valence electrons. The van der Waals surface area contributed by atoms with E-state index in [-0.39, 0.29) is 0 Å². The monoisotopic (exact) mass is 252 g/mol. The number of nitrogens with one attached hydrogen (secondary N) is 1. The average molecular weight is 252 g/mol. The van der Waals surface area contributed by atoms with E-state index in [2.05, 4.69) is 24.5 Å². The van der Waals surface area contributed by atoms with Crippen LogP contribution in [0.25, 0.3) is 0 Å². The summed E-state index contributed by atoms with van der Waals surface area (Å²) >= 11 is 1.88. The second-order valence-corrected chi connectivity index (χ2v) is 6.52. The average Bonchev–Trinajstić information content (AvgIpc) is 2.68. The van der Waals surface area contributed by atoms with Crippen molar-refractivity contribution in [3.8, 4) is 0 Å². The summed E-state index contributed by atoms with van der Waals surface area (Å²) in [5.41, 5.74) is 3.06. The van der Waals surface area contributed by atoms with Crippen molar-refractivity contribution in [1.29, 1.82) is 0 Å². The second kappa shape index (κ2) is 6.53. The summed E-state index contributed by atoms with van der Waals surface area (Å²) in [5.74, 6) is 6.51. The SMILES string of the molecule is Cc1ccc(C(NN)C2CCCCCCC2)s1. The molecule has 3 N–H and O–H groups in total. The highest BCUT2D eigenvalue weighted by molar-refractivity contribution is 7.12. The number of aryl methyl sites for hydroxylation is 1. The fraction of sp³-hybridized carbons (Fsp3) is 0.714. The molecule has 0 spiro atoms. The Balaban J connectivity index is 2.05. The fourth-order valence-electron chi connectivity index (χ4n) is 2.89. The van der Waals surface area contributed by atoms with Gasteiger partial charge in [0.15, 0.2) is 0 Å². The van der Waals surface area contributed by atoms with E-state index in [9.17, 15) is 0 Å². The third-order valence-electron chi connectivity index (χ3n) is 3.87. The Hall–Kier alpha value is -0.380. The Bertz CT molecular complexity index is 327. The zero-order chi connectivity index (χ0) is 12.1. The summed E-state index contributed by atoms with van der Waals surface area (Å²) in [6.07, 6.45) is 9.61. The van der Waals surface area contributed by atoms with E-state index >= 15 is 0 Å². The fourth-order valence-corrected chi connectivity index (χ4v) is 3.92. The Labute approximate surface area is 109 Å². The van der Waals surface area contributed by atoms with Gasteiger partial charge in [0.2, 0.25) is 0 Å². The van der Waals surface area contributed by atoms with E-state index in [0.29, 0.717) is 6.04 Å². The zero-order valence-electron chi connectivity index (χ0n) is 10.7. The van der Waals surface area contributed by atoms with Crippen LogP contribution in [0.5, 0.6) is 0 Å². The number of hydrogen-bond acceptors (Lipinski definition) is 3. The molecule has 1 aliphatic carbocycles. The molecule has 2 nitrogen and oxygen atoms in total. The third-order valence-corrected chi connectivity index (χ3v) is 4.95. The Morgan fingerprint density at radius 3 is 2.35 bits per heavy atom. The topological polar surface area (TPSA) is 38.0 Å². The van der Waals surface area contributed by atoms with Gasteiger partial charge in [-0.1, -0.05) is 32.1 Å². The smallest absolute Gasteiger partial charge is 0.0581 e. The minimum absolute atomic E-state index is 0.367. The highest BCUT2D eigenvalue weighted by Crippen LogP contribution is 2.35. The van der Waals surface area contributed by atoms with Gasteiger partial charge >= 0.3 is 0 Å². The van der Waals surface area contributed by atoms with Gasteiger partial charge < -0.3 is 0 Å². The molecule has 1 atom stereocenters. The molecule has 1 aromatic heterocycles. The predicted molar refractivity (Wildman–Crippen MR) is 74.9 cm³/mol. The molecule has 1 heterocycles. The first-order valence-corrected chi connectivity index (χ1v) is 7.65. The number of rotatable bonds is 3. The second-order valence-electron chi connectivity index (χ2n) is 5.20. The van der Waals surface area contributed by atoms with Crippen LogP contribution in [0.2, 0.25) is 0 Å². The van der Waals surface area contributed by atoms with Crippen molar-refractivity contribution in [3.05, 3.63) is 21.9 Å². The van der Waals surface area contributed by atoms with Crippen LogP contribution in [0.4, 0.5) is 0 Å². The van der Waals surface area contributed by atoms with E-state index in [1.165, 1.54) is 54.7 Å². The first kappa shape index (κ1) is 13.1. The van der Waals surface area contributed by atoms with Gasteiger partial charge in [-0.15, -0.1) is 11.3 Å². The third kappa shape index (κ3) is 3.54. The van der Waals surface area contributed by atoms with Crippen LogP contribution in [0.15, 0.2) is 12.1 Å². The van der Waals surface area contributed by atoms with Gasteiger partial charge in [0.1, 0.15) is 0 Å². The molecule has 0 amide bonds. The van der Waals surface area contributed by atoms with Gasteiger partial charge in [-0.05, 0) is 37.8 Å². The maximum absolute atomic E-state index is 5.79. The van der Waals surface area contributed by atoms with Gasteiger partial charge in [0, 0.05) is 9.75 Å². The summed E-state index contributed by atoms with van der Waals surface area (Å²) in [6.45, 7) is 2.17. The van der Waals surface area contributed by atoms with Gasteiger partial charge in [-0.3, -0.25) is 11.3 Å². The molecule has 1 unspecified atom stereocenters. The molecule has 0 aromatic carbocycles. The molecular weight excluding hydrogens is 228 g/mol. The maximum atomic E-state index is 5.79. The van der Waals surface area contributed by atoms with E-state index in [1.54, 1.807) is 0 Å². The Morgan fingerprint density at radius 2 is 1.82 bits per heavy atom. The lowest BCUT2D eigenvalue weighted by Gasteiger charge is -2.27. The Kier molecular flexibility index (Phi) is 5.01. The largest absolute Gasteiger partial charge is 0.271 e. The summed E-state index contributed by atoms with van der Waals surface area (Å²) in [5, 5.41) is 0. The predicted octanol–water partition coefficient (Wildman–Crippen LogP) is 3.92. The van der Waals surface area contributed by atoms with Crippen molar-refractivity contribution in [3.63, 3.8) is 0 Å². The number of nitrogens with two attached hydrogens (primary N) is 1. The molecule has 1 saturated carbocycles.